The lowest BCUT2D eigenvalue weighted by molar-refractivity contribution is 0.0934. The van der Waals surface area contributed by atoms with E-state index in [-0.39, 0.29) is 5.78 Å². The summed E-state index contributed by atoms with van der Waals surface area (Å²) < 4.78 is 0. The van der Waals surface area contributed by atoms with E-state index in [9.17, 15) is 4.79 Å². The molecular weight excluding hydrogens is 274 g/mol. The number of nitrogen functional groups attached to an aromatic ring is 1. The van der Waals surface area contributed by atoms with Gasteiger partial charge in [-0.05, 0) is 49.2 Å². The van der Waals surface area contributed by atoms with E-state index in [1.807, 2.05) is 31.2 Å². The summed E-state index contributed by atoms with van der Waals surface area (Å²) in [4.78, 5) is 18.5. The fraction of sp³-hybridized carbons (Fsp3) is 0.333. The average Bonchev–Trinajstić information content (AvgIpc) is 2.54. The molecule has 0 saturated carbocycles. The van der Waals surface area contributed by atoms with Crippen LogP contribution < -0.4 is 5.73 Å². The summed E-state index contributed by atoms with van der Waals surface area (Å²) in [5.41, 5.74) is 9.48. The number of benzene rings is 1. The van der Waals surface area contributed by atoms with E-state index in [0.29, 0.717) is 17.8 Å². The van der Waals surface area contributed by atoms with Crippen molar-refractivity contribution in [3.05, 3.63) is 59.4 Å². The van der Waals surface area contributed by atoms with E-state index in [1.54, 1.807) is 18.5 Å². The van der Waals surface area contributed by atoms with Crippen LogP contribution in [0.2, 0.25) is 0 Å². The Kier molecular flexibility index (Phi) is 5.67. The van der Waals surface area contributed by atoms with E-state index in [0.717, 1.165) is 25.1 Å². The van der Waals surface area contributed by atoms with Gasteiger partial charge >= 0.3 is 0 Å². The van der Waals surface area contributed by atoms with E-state index < -0.39 is 0 Å². The number of aryl methyl sites for hydroxylation is 1. The van der Waals surface area contributed by atoms with Crippen molar-refractivity contribution >= 4 is 11.5 Å². The van der Waals surface area contributed by atoms with Crippen molar-refractivity contribution in [2.24, 2.45) is 0 Å². The fourth-order valence-corrected chi connectivity index (χ4v) is 2.29. The largest absolute Gasteiger partial charge is 0.398 e. The van der Waals surface area contributed by atoms with Gasteiger partial charge in [0, 0.05) is 30.2 Å². The molecule has 4 heteroatoms. The Morgan fingerprint density at radius 3 is 2.59 bits per heavy atom. The Balaban J connectivity index is 1.94. The van der Waals surface area contributed by atoms with Gasteiger partial charge in [-0.2, -0.15) is 0 Å². The molecule has 0 aliphatic carbocycles. The van der Waals surface area contributed by atoms with Crippen molar-refractivity contribution < 1.29 is 4.79 Å². The van der Waals surface area contributed by atoms with Gasteiger partial charge in [0.05, 0.1) is 6.54 Å². The second-order valence-corrected chi connectivity index (χ2v) is 5.47. The van der Waals surface area contributed by atoms with Crippen LogP contribution >= 0.6 is 0 Å². The maximum absolute atomic E-state index is 12.4. The predicted octanol–water partition coefficient (Wildman–Crippen LogP) is 2.72. The third-order valence-electron chi connectivity index (χ3n) is 3.88. The van der Waals surface area contributed by atoms with Gasteiger partial charge in [-0.1, -0.05) is 19.1 Å². The van der Waals surface area contributed by atoms with Crippen molar-refractivity contribution in [3.63, 3.8) is 0 Å². The molecule has 1 aromatic heterocycles. The van der Waals surface area contributed by atoms with Crippen LogP contribution in [0.1, 0.15) is 28.4 Å². The van der Waals surface area contributed by atoms with Gasteiger partial charge in [-0.25, -0.2) is 0 Å². The van der Waals surface area contributed by atoms with Gasteiger partial charge < -0.3 is 5.73 Å². The topological polar surface area (TPSA) is 59.2 Å². The van der Waals surface area contributed by atoms with Crippen LogP contribution in [0.25, 0.3) is 0 Å². The molecule has 1 heterocycles. The van der Waals surface area contributed by atoms with Crippen molar-refractivity contribution in [2.45, 2.75) is 20.3 Å². The van der Waals surface area contributed by atoms with Crippen molar-refractivity contribution in [1.82, 2.24) is 9.88 Å². The lowest BCUT2D eigenvalue weighted by atomic mass is 10.1. The molecule has 0 bridgehead atoms. The lowest BCUT2D eigenvalue weighted by Crippen LogP contribution is -2.31. The number of aromatic nitrogens is 1. The number of hydrogen-bond acceptors (Lipinski definition) is 4. The van der Waals surface area contributed by atoms with Crippen LogP contribution in [0, 0.1) is 6.92 Å². The zero-order chi connectivity index (χ0) is 15.9. The van der Waals surface area contributed by atoms with E-state index >= 15 is 0 Å². The summed E-state index contributed by atoms with van der Waals surface area (Å²) in [6, 6.07) is 9.54. The number of nitrogens with two attached hydrogens (primary N) is 1. The third kappa shape index (κ3) is 4.40. The molecule has 0 spiro atoms. The third-order valence-corrected chi connectivity index (χ3v) is 3.88. The summed E-state index contributed by atoms with van der Waals surface area (Å²) in [7, 11) is 0. The maximum Gasteiger partial charge on any atom is 0.176 e. The number of ketones is 1. The lowest BCUT2D eigenvalue weighted by Gasteiger charge is -2.19. The van der Waals surface area contributed by atoms with Gasteiger partial charge in [0.2, 0.25) is 0 Å². The molecule has 0 saturated heterocycles. The first-order chi connectivity index (χ1) is 10.6. The molecule has 2 N–H and O–H groups in total. The van der Waals surface area contributed by atoms with Gasteiger partial charge in [0.1, 0.15) is 0 Å². The molecule has 4 nitrogen and oxygen atoms in total. The van der Waals surface area contributed by atoms with E-state index in [2.05, 4.69) is 16.8 Å². The second-order valence-electron chi connectivity index (χ2n) is 5.47. The summed E-state index contributed by atoms with van der Waals surface area (Å²) >= 11 is 0. The predicted molar refractivity (Wildman–Crippen MR) is 90.0 cm³/mol. The van der Waals surface area contributed by atoms with Gasteiger partial charge in [0.25, 0.3) is 0 Å². The van der Waals surface area contributed by atoms with Gasteiger partial charge in [0.15, 0.2) is 5.78 Å². The highest BCUT2D eigenvalue weighted by atomic mass is 16.1. The molecule has 0 radical (unpaired) electrons. The van der Waals surface area contributed by atoms with Crippen molar-refractivity contribution in [2.75, 3.05) is 25.4 Å². The highest BCUT2D eigenvalue weighted by Gasteiger charge is 2.12. The zero-order valence-electron chi connectivity index (χ0n) is 13.2. The molecule has 0 unspecified atom stereocenters. The Bertz CT molecular complexity index is 625. The number of carbonyl (C=O) groups is 1. The molecule has 2 rings (SSSR count). The molecule has 0 fully saturated rings. The van der Waals surface area contributed by atoms with Crippen molar-refractivity contribution in [3.8, 4) is 0 Å². The summed E-state index contributed by atoms with van der Waals surface area (Å²) in [6.45, 7) is 6.13. The quantitative estimate of drug-likeness (QED) is 0.630. The number of hydrogen-bond donors (Lipinski definition) is 1. The average molecular weight is 297 g/mol. The molecule has 22 heavy (non-hydrogen) atoms. The molecule has 116 valence electrons. The highest BCUT2D eigenvalue weighted by molar-refractivity contribution is 5.98. The second kappa shape index (κ2) is 7.71. The minimum Gasteiger partial charge on any atom is -0.398 e. The number of nitrogens with zero attached hydrogens (tertiary/aromatic N) is 2. The smallest absolute Gasteiger partial charge is 0.176 e. The number of Topliss-reactive ketones (excluding diaryl/α,β-unsaturated/α-hetero) is 1. The Morgan fingerprint density at radius 1 is 1.23 bits per heavy atom. The van der Waals surface area contributed by atoms with Gasteiger partial charge in [-0.3, -0.25) is 14.7 Å². The first-order valence-electron chi connectivity index (χ1n) is 7.60. The van der Waals surface area contributed by atoms with Crippen LogP contribution in [0.5, 0.6) is 0 Å². The molecule has 2 aromatic rings. The zero-order valence-corrected chi connectivity index (χ0v) is 13.2. The SMILES string of the molecule is CCN(CCc1ccncc1)CC(=O)c1ccc(C)c(N)c1. The number of pyridine rings is 1. The molecule has 0 aliphatic heterocycles. The van der Waals surface area contributed by atoms with Crippen LogP contribution in [-0.4, -0.2) is 35.3 Å². The summed E-state index contributed by atoms with van der Waals surface area (Å²) in [5, 5.41) is 0. The van der Waals surface area contributed by atoms with Crippen LogP contribution in [-0.2, 0) is 6.42 Å². The van der Waals surface area contributed by atoms with Gasteiger partial charge in [-0.15, -0.1) is 0 Å². The van der Waals surface area contributed by atoms with Crippen LogP contribution in [0.4, 0.5) is 5.69 Å². The molecule has 1 aromatic carbocycles. The summed E-state index contributed by atoms with van der Waals surface area (Å²) in [6.07, 6.45) is 4.51. The van der Waals surface area contributed by atoms with Crippen molar-refractivity contribution in [1.29, 1.82) is 0 Å². The van der Waals surface area contributed by atoms with E-state index in [1.165, 1.54) is 5.56 Å². The number of carbonyl (C=O) groups excluding carboxylic acids is 1. The summed E-state index contributed by atoms with van der Waals surface area (Å²) in [5.74, 6) is 0.114. The Labute approximate surface area is 132 Å². The Morgan fingerprint density at radius 2 is 1.95 bits per heavy atom. The number of likely N-dealkylation sites (N-methyl/N-ethyl adjacent to an activating group) is 1. The standard InChI is InChI=1S/C18H23N3O/c1-3-21(11-8-15-6-9-20-10-7-15)13-18(22)16-5-4-14(2)17(19)12-16/h4-7,9-10,12H,3,8,11,13,19H2,1-2H3. The number of anilines is 1. The first-order valence-corrected chi connectivity index (χ1v) is 7.60. The van der Waals surface area contributed by atoms with Crippen LogP contribution in [0.3, 0.4) is 0 Å². The minimum absolute atomic E-state index is 0.114. The molecular formula is C18H23N3O. The number of rotatable bonds is 7. The maximum atomic E-state index is 12.4. The molecule has 0 atom stereocenters. The normalized spacial score (nSPS) is 10.9. The monoisotopic (exact) mass is 297 g/mol. The first kappa shape index (κ1) is 16.2. The fourth-order valence-electron chi connectivity index (χ4n) is 2.29. The Hall–Kier alpha value is -2.20. The highest BCUT2D eigenvalue weighted by Crippen LogP contribution is 2.14. The minimum atomic E-state index is 0.114. The molecule has 0 aliphatic rings. The van der Waals surface area contributed by atoms with E-state index in [4.69, 9.17) is 5.73 Å². The molecule has 0 amide bonds. The van der Waals surface area contributed by atoms with Crippen LogP contribution in [0.15, 0.2) is 42.7 Å².